The molecule has 1 rings (SSSR count). The van der Waals surface area contributed by atoms with Gasteiger partial charge < -0.3 is 0 Å². The predicted molar refractivity (Wildman–Crippen MR) is 48.5 cm³/mol. The molecule has 2 heteroatoms. The smallest absolute Gasteiger partial charge is 0.211 e. The van der Waals surface area contributed by atoms with Crippen LogP contribution >= 0.6 is 0 Å². The van der Waals surface area contributed by atoms with Crippen LogP contribution in [0.25, 0.3) is 6.08 Å². The number of nitrogens with zero attached hydrogens (tertiary/aromatic N) is 1. The average molecular weight is 159 g/mol. The molecule has 0 radical (unpaired) electrons. The molecule has 0 aliphatic carbocycles. The minimum Gasteiger partial charge on any atom is -0.211 e. The van der Waals surface area contributed by atoms with E-state index in [4.69, 9.17) is 0 Å². The fourth-order valence-electron chi connectivity index (χ4n) is 0.843. The zero-order chi connectivity index (χ0) is 8.65. The first kappa shape index (κ1) is 8.44. The van der Waals surface area contributed by atoms with Crippen LogP contribution in [0, 0.1) is 0 Å². The lowest BCUT2D eigenvalue weighted by Gasteiger charge is -1.88. The van der Waals surface area contributed by atoms with Gasteiger partial charge in [-0.3, -0.25) is 0 Å². The van der Waals surface area contributed by atoms with E-state index in [1.165, 1.54) is 6.08 Å². The molecule has 0 aromatic heterocycles. The molecule has 0 heterocycles. The summed E-state index contributed by atoms with van der Waals surface area (Å²) in [6.07, 6.45) is 5.21. The number of hydrogen-bond acceptors (Lipinski definition) is 2. The molecule has 0 atom stereocenters. The Labute approximate surface area is 71.3 Å². The highest BCUT2D eigenvalue weighted by atomic mass is 16.1. The second kappa shape index (κ2) is 5.05. The predicted octanol–water partition coefficient (Wildman–Crippen LogP) is 2.04. The maximum Gasteiger partial charge on any atom is 0.235 e. The van der Waals surface area contributed by atoms with Gasteiger partial charge >= 0.3 is 0 Å². The van der Waals surface area contributed by atoms with Gasteiger partial charge in [0, 0.05) is 0 Å². The summed E-state index contributed by atoms with van der Waals surface area (Å²) in [5.41, 5.74) is 1.11. The monoisotopic (exact) mass is 159 g/mol. The summed E-state index contributed by atoms with van der Waals surface area (Å²) in [5.74, 6) is 0. The van der Waals surface area contributed by atoms with E-state index in [0.717, 1.165) is 5.56 Å². The number of isocyanates is 1. The first-order chi connectivity index (χ1) is 5.93. The van der Waals surface area contributed by atoms with Crippen molar-refractivity contribution in [1.82, 2.24) is 0 Å². The fraction of sp³-hybridized carbons (Fsp3) is 0.100. The highest BCUT2D eigenvalue weighted by molar-refractivity contribution is 5.49. The Kier molecular flexibility index (Phi) is 3.55. The average Bonchev–Trinajstić information content (AvgIpc) is 2.14. The summed E-state index contributed by atoms with van der Waals surface area (Å²) in [5, 5.41) is 0. The molecule has 12 heavy (non-hydrogen) atoms. The first-order valence-corrected chi connectivity index (χ1v) is 3.68. The van der Waals surface area contributed by atoms with E-state index in [1.54, 1.807) is 0 Å². The summed E-state index contributed by atoms with van der Waals surface area (Å²) in [7, 11) is 0. The van der Waals surface area contributed by atoms with Crippen LogP contribution in [0.3, 0.4) is 0 Å². The van der Waals surface area contributed by atoms with E-state index in [2.05, 4.69) is 4.99 Å². The van der Waals surface area contributed by atoms with Gasteiger partial charge in [-0.15, -0.1) is 0 Å². The van der Waals surface area contributed by atoms with Gasteiger partial charge in [-0.2, -0.15) is 0 Å². The number of hydrogen-bond donors (Lipinski definition) is 0. The van der Waals surface area contributed by atoms with E-state index < -0.39 is 0 Å². The van der Waals surface area contributed by atoms with Crippen LogP contribution in [-0.4, -0.2) is 12.6 Å². The van der Waals surface area contributed by atoms with Crippen molar-refractivity contribution < 1.29 is 4.79 Å². The van der Waals surface area contributed by atoms with Crippen LogP contribution in [0.2, 0.25) is 0 Å². The molecule has 0 unspecified atom stereocenters. The van der Waals surface area contributed by atoms with E-state index in [-0.39, 0.29) is 0 Å². The molecule has 0 fully saturated rings. The molecule has 0 aliphatic heterocycles. The molecule has 1 aromatic carbocycles. The quantitative estimate of drug-likeness (QED) is 0.490. The largest absolute Gasteiger partial charge is 0.235 e. The van der Waals surface area contributed by atoms with Crippen LogP contribution in [-0.2, 0) is 4.79 Å². The Hall–Kier alpha value is -1.66. The minimum absolute atomic E-state index is 0.401. The van der Waals surface area contributed by atoms with Crippen LogP contribution in [0.4, 0.5) is 0 Å². The van der Waals surface area contributed by atoms with Crippen molar-refractivity contribution in [2.75, 3.05) is 6.54 Å². The molecule has 60 valence electrons. The van der Waals surface area contributed by atoms with Gasteiger partial charge in [-0.1, -0.05) is 42.5 Å². The van der Waals surface area contributed by atoms with Gasteiger partial charge in [-0.25, -0.2) is 9.79 Å². The Bertz CT molecular complexity index is 297. The maximum absolute atomic E-state index is 9.69. The van der Waals surface area contributed by atoms with Crippen molar-refractivity contribution in [1.29, 1.82) is 0 Å². The van der Waals surface area contributed by atoms with Crippen molar-refractivity contribution >= 4 is 12.2 Å². The Balaban J connectivity index is 2.52. The van der Waals surface area contributed by atoms with Crippen LogP contribution in [0.5, 0.6) is 0 Å². The van der Waals surface area contributed by atoms with E-state index >= 15 is 0 Å². The van der Waals surface area contributed by atoms with E-state index in [0.29, 0.717) is 6.54 Å². The molecule has 0 spiro atoms. The van der Waals surface area contributed by atoms with Crippen molar-refractivity contribution in [3.05, 3.63) is 42.0 Å². The van der Waals surface area contributed by atoms with Crippen LogP contribution in [0.15, 0.2) is 41.4 Å². The zero-order valence-electron chi connectivity index (χ0n) is 6.60. The molecule has 0 saturated heterocycles. The third-order valence-electron chi connectivity index (χ3n) is 1.37. The topological polar surface area (TPSA) is 29.4 Å². The van der Waals surface area contributed by atoms with Crippen LogP contribution in [0.1, 0.15) is 5.56 Å². The normalized spacial score (nSPS) is 9.67. The molecule has 0 N–H and O–H groups in total. The van der Waals surface area contributed by atoms with Crippen molar-refractivity contribution in [3.8, 4) is 0 Å². The Morgan fingerprint density at radius 1 is 1.33 bits per heavy atom. The Morgan fingerprint density at radius 2 is 2.08 bits per heavy atom. The number of carbonyl (C=O) groups excluding carboxylic acids is 1. The lowest BCUT2D eigenvalue weighted by Crippen LogP contribution is -1.71. The van der Waals surface area contributed by atoms with Crippen molar-refractivity contribution in [2.45, 2.75) is 0 Å². The molecule has 2 nitrogen and oxygen atoms in total. The summed E-state index contributed by atoms with van der Waals surface area (Å²) in [6.45, 7) is 0.401. The molecular weight excluding hydrogens is 150 g/mol. The lowest BCUT2D eigenvalue weighted by molar-refractivity contribution is 0.564. The summed E-state index contributed by atoms with van der Waals surface area (Å²) < 4.78 is 0. The molecular formula is C10H9NO. The second-order valence-corrected chi connectivity index (χ2v) is 2.25. The zero-order valence-corrected chi connectivity index (χ0v) is 6.60. The highest BCUT2D eigenvalue weighted by Gasteiger charge is 1.80. The highest BCUT2D eigenvalue weighted by Crippen LogP contribution is 1.99. The number of rotatable bonds is 3. The fourth-order valence-corrected chi connectivity index (χ4v) is 0.843. The third-order valence-corrected chi connectivity index (χ3v) is 1.37. The first-order valence-electron chi connectivity index (χ1n) is 3.68. The standard InChI is InChI=1S/C10H9NO/c12-9-11-8-4-7-10-5-2-1-3-6-10/h1-7H,8H2/b7-4+. The van der Waals surface area contributed by atoms with Gasteiger partial charge in [0.2, 0.25) is 6.08 Å². The van der Waals surface area contributed by atoms with Gasteiger partial charge in [0.05, 0.1) is 6.54 Å². The minimum atomic E-state index is 0.401. The number of aliphatic imine (C=N–C) groups is 1. The molecule has 0 amide bonds. The van der Waals surface area contributed by atoms with E-state index in [1.807, 2.05) is 42.5 Å². The van der Waals surface area contributed by atoms with Gasteiger partial charge in [0.25, 0.3) is 0 Å². The summed E-state index contributed by atoms with van der Waals surface area (Å²) in [4.78, 5) is 13.1. The van der Waals surface area contributed by atoms with Crippen molar-refractivity contribution in [3.63, 3.8) is 0 Å². The third kappa shape index (κ3) is 2.95. The summed E-state index contributed by atoms with van der Waals surface area (Å²) >= 11 is 0. The molecule has 0 aliphatic rings. The SMILES string of the molecule is O=C=NC/C=C/c1ccccc1. The second-order valence-electron chi connectivity index (χ2n) is 2.25. The van der Waals surface area contributed by atoms with E-state index in [9.17, 15) is 4.79 Å². The molecule has 1 aromatic rings. The van der Waals surface area contributed by atoms with Gasteiger partial charge in [-0.05, 0) is 5.56 Å². The lowest BCUT2D eigenvalue weighted by atomic mass is 10.2. The maximum atomic E-state index is 9.69. The Morgan fingerprint density at radius 3 is 2.75 bits per heavy atom. The number of benzene rings is 1. The van der Waals surface area contributed by atoms with Gasteiger partial charge in [0.1, 0.15) is 0 Å². The summed E-state index contributed by atoms with van der Waals surface area (Å²) in [6, 6.07) is 9.86. The molecule has 0 saturated carbocycles. The molecule has 0 bridgehead atoms. The van der Waals surface area contributed by atoms with Gasteiger partial charge in [0.15, 0.2) is 0 Å². The van der Waals surface area contributed by atoms with Crippen LogP contribution < -0.4 is 0 Å². The van der Waals surface area contributed by atoms with Crippen molar-refractivity contribution in [2.24, 2.45) is 4.99 Å².